The highest BCUT2D eigenvalue weighted by Crippen LogP contribution is 2.13. The van der Waals surface area contributed by atoms with Gasteiger partial charge in [0.15, 0.2) is 11.3 Å². The molecule has 0 unspecified atom stereocenters. The maximum absolute atomic E-state index is 11.5. The van der Waals surface area contributed by atoms with E-state index < -0.39 is 15.4 Å². The lowest BCUT2D eigenvalue weighted by Crippen LogP contribution is -2.29. The molecule has 16 heavy (non-hydrogen) atoms. The van der Waals surface area contributed by atoms with E-state index in [4.69, 9.17) is 4.42 Å². The van der Waals surface area contributed by atoms with E-state index in [1.54, 1.807) is 20.8 Å². The average Bonchev–Trinajstić information content (AvgIpc) is 2.49. The summed E-state index contributed by atoms with van der Waals surface area (Å²) >= 11 is 0. The molecular formula is C10H15NO4S. The van der Waals surface area contributed by atoms with E-state index in [2.05, 4.69) is 0 Å². The minimum atomic E-state index is -3.36. The van der Waals surface area contributed by atoms with Gasteiger partial charge >= 0.3 is 0 Å². The van der Waals surface area contributed by atoms with Crippen LogP contribution >= 0.6 is 0 Å². The van der Waals surface area contributed by atoms with E-state index in [0.29, 0.717) is 0 Å². The lowest BCUT2D eigenvalue weighted by atomic mass is 10.1. The van der Waals surface area contributed by atoms with Gasteiger partial charge in [0, 0.05) is 27.0 Å². The zero-order chi connectivity index (χ0) is 12.6. The Morgan fingerprint density at radius 2 is 1.94 bits per heavy atom. The van der Waals surface area contributed by atoms with Crippen molar-refractivity contribution in [1.29, 1.82) is 0 Å². The number of sulfone groups is 1. The second kappa shape index (κ2) is 3.93. The maximum atomic E-state index is 11.5. The Balaban J connectivity index is 3.06. The molecule has 1 aromatic rings. The van der Waals surface area contributed by atoms with Gasteiger partial charge in [0.2, 0.25) is 21.1 Å². The average molecular weight is 245 g/mol. The van der Waals surface area contributed by atoms with Gasteiger partial charge in [0.25, 0.3) is 0 Å². The van der Waals surface area contributed by atoms with Crippen LogP contribution in [0.3, 0.4) is 0 Å². The highest BCUT2D eigenvalue weighted by Gasteiger charge is 2.19. The van der Waals surface area contributed by atoms with Crippen molar-refractivity contribution >= 4 is 16.1 Å². The molecule has 0 aliphatic carbocycles. The van der Waals surface area contributed by atoms with Gasteiger partial charge in [0.1, 0.15) is 0 Å². The van der Waals surface area contributed by atoms with E-state index in [9.17, 15) is 13.6 Å². The summed E-state index contributed by atoms with van der Waals surface area (Å²) in [6, 6.07) is 2.78. The van der Waals surface area contributed by atoms with Crippen LogP contribution in [-0.4, -0.2) is 31.2 Å². The fourth-order valence-electron chi connectivity index (χ4n) is 0.912. The first-order valence-corrected chi connectivity index (χ1v) is 6.61. The number of furan rings is 1. The maximum Gasteiger partial charge on any atom is 0.218 e. The van der Waals surface area contributed by atoms with Crippen molar-refractivity contribution in [3.8, 4) is 0 Å². The molecule has 90 valence electrons. The van der Waals surface area contributed by atoms with Crippen molar-refractivity contribution < 1.29 is 17.6 Å². The molecule has 0 aliphatic rings. The van der Waals surface area contributed by atoms with Crippen LogP contribution in [0.5, 0.6) is 0 Å². The van der Waals surface area contributed by atoms with E-state index in [1.807, 2.05) is 0 Å². The van der Waals surface area contributed by atoms with Gasteiger partial charge < -0.3 is 9.62 Å². The summed E-state index contributed by atoms with van der Waals surface area (Å²) in [5.41, 5.74) is -0.585. The zero-order valence-corrected chi connectivity index (χ0v) is 10.5. The fourth-order valence-corrected chi connectivity index (χ4v) is 1.48. The largest absolute Gasteiger partial charge is 0.623 e. The lowest BCUT2D eigenvalue weighted by Gasteiger charge is -2.17. The van der Waals surface area contributed by atoms with Crippen LogP contribution in [0, 0.1) is 5.21 Å². The van der Waals surface area contributed by atoms with E-state index in [0.717, 1.165) is 11.0 Å². The van der Waals surface area contributed by atoms with Crippen molar-refractivity contribution in [2.24, 2.45) is 0 Å². The van der Waals surface area contributed by atoms with Gasteiger partial charge in [-0.1, -0.05) is 0 Å². The highest BCUT2D eigenvalue weighted by molar-refractivity contribution is 7.90. The minimum Gasteiger partial charge on any atom is -0.623 e. The van der Waals surface area contributed by atoms with Gasteiger partial charge in [0.05, 0.1) is 0 Å². The summed E-state index contributed by atoms with van der Waals surface area (Å²) in [6.45, 7) is 5.24. The summed E-state index contributed by atoms with van der Waals surface area (Å²) < 4.78 is 28.0. The first-order valence-electron chi connectivity index (χ1n) is 4.72. The highest BCUT2D eigenvalue weighted by atomic mass is 32.2. The molecular weight excluding hydrogens is 230 g/mol. The third-order valence-corrected chi connectivity index (χ3v) is 2.82. The molecule has 5 nitrogen and oxygen atoms in total. The van der Waals surface area contributed by atoms with Crippen LogP contribution < -0.4 is 0 Å². The molecule has 6 heteroatoms. The van der Waals surface area contributed by atoms with Crippen LogP contribution in [0.4, 0.5) is 0 Å². The van der Waals surface area contributed by atoms with Gasteiger partial charge in [-0.15, -0.1) is 0 Å². The molecule has 0 aromatic carbocycles. The molecule has 0 saturated carbocycles. The molecule has 0 amide bonds. The first kappa shape index (κ1) is 12.8. The molecule has 0 aliphatic heterocycles. The Kier molecular flexibility index (Phi) is 3.14. The van der Waals surface area contributed by atoms with Crippen LogP contribution in [0.1, 0.15) is 26.5 Å². The van der Waals surface area contributed by atoms with Crippen molar-refractivity contribution in [3.63, 3.8) is 0 Å². The molecule has 0 atom stereocenters. The lowest BCUT2D eigenvalue weighted by molar-refractivity contribution is -0.530. The van der Waals surface area contributed by atoms with Crippen LogP contribution in [-0.2, 0) is 9.84 Å². The fraction of sp³-hybridized carbons (Fsp3) is 0.500. The standard InChI is InChI=1S/C10H15NO4S/c1-10(2,3)11(12)7-8-5-6-9(15-8)16(4,13)14/h5-7H,1-4H3. The number of rotatable bonds is 2. The van der Waals surface area contributed by atoms with Crippen LogP contribution in [0.15, 0.2) is 21.6 Å². The number of hydroxylamine groups is 1. The summed E-state index contributed by atoms with van der Waals surface area (Å²) in [7, 11) is -3.36. The summed E-state index contributed by atoms with van der Waals surface area (Å²) in [6.07, 6.45) is 2.28. The molecule has 0 bridgehead atoms. The summed E-state index contributed by atoms with van der Waals surface area (Å²) in [5.74, 6) is 0.227. The zero-order valence-electron chi connectivity index (χ0n) is 9.72. The Bertz CT molecular complexity index is 505. The predicted molar refractivity (Wildman–Crippen MR) is 60.4 cm³/mol. The Labute approximate surface area is 94.9 Å². The molecule has 1 heterocycles. The SMILES string of the molecule is CC(C)(C)[N+]([O-])=Cc1ccc(S(C)(=O)=O)o1. The second-order valence-electron chi connectivity index (χ2n) is 4.55. The predicted octanol–water partition coefficient (Wildman–Crippen LogP) is 1.41. The van der Waals surface area contributed by atoms with Crippen LogP contribution in [0.2, 0.25) is 0 Å². The molecule has 1 aromatic heterocycles. The van der Waals surface area contributed by atoms with Gasteiger partial charge in [-0.3, -0.25) is 0 Å². The summed E-state index contributed by atoms with van der Waals surface area (Å²) in [5, 5.41) is 11.4. The van der Waals surface area contributed by atoms with Gasteiger partial charge in [-0.25, -0.2) is 13.2 Å². The smallest absolute Gasteiger partial charge is 0.218 e. The minimum absolute atomic E-state index is 0.138. The summed E-state index contributed by atoms with van der Waals surface area (Å²) in [4.78, 5) is 0. The van der Waals surface area contributed by atoms with Gasteiger partial charge in [-0.05, 0) is 12.1 Å². The second-order valence-corrected chi connectivity index (χ2v) is 6.50. The van der Waals surface area contributed by atoms with Crippen molar-refractivity contribution in [1.82, 2.24) is 0 Å². The monoisotopic (exact) mass is 245 g/mol. The third-order valence-electron chi connectivity index (χ3n) is 1.87. The molecule has 1 rings (SSSR count). The van der Waals surface area contributed by atoms with Crippen molar-refractivity contribution in [2.75, 3.05) is 6.26 Å². The van der Waals surface area contributed by atoms with Gasteiger partial charge in [-0.2, -0.15) is 0 Å². The van der Waals surface area contributed by atoms with Crippen molar-refractivity contribution in [2.45, 2.75) is 31.4 Å². The molecule has 0 spiro atoms. The third kappa shape index (κ3) is 3.10. The van der Waals surface area contributed by atoms with E-state index in [-0.39, 0.29) is 10.9 Å². The van der Waals surface area contributed by atoms with E-state index >= 15 is 0 Å². The number of hydrogen-bond acceptors (Lipinski definition) is 4. The Hall–Kier alpha value is -1.30. The Morgan fingerprint density at radius 1 is 1.38 bits per heavy atom. The molecule has 0 fully saturated rings. The number of nitrogens with zero attached hydrogens (tertiary/aromatic N) is 1. The number of hydrogen-bond donors (Lipinski definition) is 0. The molecule has 0 N–H and O–H groups in total. The topological polar surface area (TPSA) is 73.3 Å². The van der Waals surface area contributed by atoms with Crippen molar-refractivity contribution in [3.05, 3.63) is 23.1 Å². The normalized spacial score (nSPS) is 14.1. The van der Waals surface area contributed by atoms with Crippen LogP contribution in [0.25, 0.3) is 0 Å². The first-order chi connectivity index (χ1) is 7.10. The quantitative estimate of drug-likeness (QED) is 0.342. The molecule has 0 radical (unpaired) electrons. The Morgan fingerprint density at radius 3 is 2.31 bits per heavy atom. The van der Waals surface area contributed by atoms with E-state index in [1.165, 1.54) is 18.3 Å². The molecule has 0 saturated heterocycles.